The summed E-state index contributed by atoms with van der Waals surface area (Å²) in [4.78, 5) is 24.0. The molecule has 7 heteroatoms. The van der Waals surface area contributed by atoms with Crippen LogP contribution in [0.25, 0.3) is 0 Å². The molecule has 1 aromatic rings. The van der Waals surface area contributed by atoms with Crippen molar-refractivity contribution in [1.82, 2.24) is 0 Å². The van der Waals surface area contributed by atoms with Gasteiger partial charge in [-0.25, -0.2) is 0 Å². The van der Waals surface area contributed by atoms with E-state index >= 15 is 0 Å². The Balaban J connectivity index is 2.33. The van der Waals surface area contributed by atoms with Crippen molar-refractivity contribution in [1.29, 1.82) is 0 Å². The Morgan fingerprint density at radius 2 is 1.94 bits per heavy atom. The first-order valence-electron chi connectivity index (χ1n) is 5.18. The number of halogens is 2. The van der Waals surface area contributed by atoms with E-state index in [9.17, 15) is 9.59 Å². The lowest BCUT2D eigenvalue weighted by Gasteiger charge is -2.17. The van der Waals surface area contributed by atoms with Crippen molar-refractivity contribution in [2.45, 2.75) is 6.42 Å². The highest BCUT2D eigenvalue weighted by atomic mass is 35.5. The molecule has 1 amide bonds. The number of benzene rings is 1. The third-order valence-corrected chi connectivity index (χ3v) is 3.48. The number of nitrogen functional groups attached to an aromatic ring is 1. The van der Waals surface area contributed by atoms with Crippen LogP contribution in [0.15, 0.2) is 12.1 Å². The van der Waals surface area contributed by atoms with Crippen LogP contribution >= 0.6 is 23.2 Å². The van der Waals surface area contributed by atoms with Crippen LogP contribution in [0.5, 0.6) is 0 Å². The van der Waals surface area contributed by atoms with Crippen LogP contribution in [-0.4, -0.2) is 23.5 Å². The van der Waals surface area contributed by atoms with Gasteiger partial charge in [0.15, 0.2) is 0 Å². The molecule has 0 radical (unpaired) electrons. The normalized spacial score (nSPS) is 19.3. The summed E-state index contributed by atoms with van der Waals surface area (Å²) in [5.41, 5.74) is 6.30. The monoisotopic (exact) mass is 288 g/mol. The van der Waals surface area contributed by atoms with Crippen LogP contribution < -0.4 is 10.6 Å². The minimum absolute atomic E-state index is 0.0189. The number of aliphatic carboxylic acids is 1. The summed E-state index contributed by atoms with van der Waals surface area (Å²) in [5, 5.41) is 9.38. The SMILES string of the molecule is Nc1c(Cl)cc(N2CC(C(=O)O)CC2=O)cc1Cl. The first kappa shape index (κ1) is 13.0. The molecule has 1 aliphatic rings. The Hall–Kier alpha value is -1.46. The van der Waals surface area contributed by atoms with E-state index in [1.54, 1.807) is 0 Å². The van der Waals surface area contributed by atoms with E-state index in [1.807, 2.05) is 0 Å². The highest BCUT2D eigenvalue weighted by Crippen LogP contribution is 2.35. The third kappa shape index (κ3) is 2.23. The molecule has 3 N–H and O–H groups in total. The van der Waals surface area contributed by atoms with Crippen molar-refractivity contribution in [3.63, 3.8) is 0 Å². The third-order valence-electron chi connectivity index (χ3n) is 2.85. The topological polar surface area (TPSA) is 83.6 Å². The molecule has 0 saturated carbocycles. The maximum atomic E-state index is 11.7. The standard InChI is InChI=1S/C11H10Cl2N2O3/c12-7-2-6(3-8(13)10(7)14)15-4-5(11(17)18)1-9(15)16/h2-3,5H,1,4,14H2,(H,17,18). The molecule has 96 valence electrons. The summed E-state index contributed by atoms with van der Waals surface area (Å²) in [6, 6.07) is 3.01. The van der Waals surface area contributed by atoms with Crippen molar-refractivity contribution in [3.05, 3.63) is 22.2 Å². The number of carbonyl (C=O) groups is 2. The zero-order valence-corrected chi connectivity index (χ0v) is 10.7. The first-order valence-corrected chi connectivity index (χ1v) is 5.93. The minimum atomic E-state index is -0.988. The average Bonchev–Trinajstić information content (AvgIpc) is 2.68. The number of anilines is 2. The van der Waals surface area contributed by atoms with Crippen LogP contribution in [0, 0.1) is 5.92 Å². The second kappa shape index (κ2) is 4.66. The van der Waals surface area contributed by atoms with Crippen LogP contribution in [0.4, 0.5) is 11.4 Å². The molecule has 18 heavy (non-hydrogen) atoms. The molecule has 0 bridgehead atoms. The summed E-state index contributed by atoms with van der Waals surface area (Å²) in [7, 11) is 0. The molecule has 1 aromatic carbocycles. The maximum absolute atomic E-state index is 11.7. The number of carboxylic acids is 1. The fourth-order valence-corrected chi connectivity index (χ4v) is 2.32. The average molecular weight is 289 g/mol. The van der Waals surface area contributed by atoms with Gasteiger partial charge in [0.05, 0.1) is 21.7 Å². The van der Waals surface area contributed by atoms with Crippen molar-refractivity contribution in [3.8, 4) is 0 Å². The molecule has 1 saturated heterocycles. The number of carbonyl (C=O) groups excluding carboxylic acids is 1. The second-order valence-corrected chi connectivity index (χ2v) is 4.88. The first-order chi connectivity index (χ1) is 8.40. The van der Waals surface area contributed by atoms with Crippen LogP contribution in [0.2, 0.25) is 10.0 Å². The van der Waals surface area contributed by atoms with Gasteiger partial charge in [-0.05, 0) is 12.1 Å². The molecule has 0 spiro atoms. The van der Waals surface area contributed by atoms with Crippen molar-refractivity contribution in [2.24, 2.45) is 5.92 Å². The zero-order chi connectivity index (χ0) is 13.4. The molecular weight excluding hydrogens is 279 g/mol. The van der Waals surface area contributed by atoms with Gasteiger partial charge in [0.1, 0.15) is 0 Å². The number of amides is 1. The Morgan fingerprint density at radius 3 is 2.39 bits per heavy atom. The number of nitrogens with two attached hydrogens (primary N) is 1. The predicted molar refractivity (Wildman–Crippen MR) is 69.0 cm³/mol. The van der Waals surface area contributed by atoms with Gasteiger partial charge in [-0.3, -0.25) is 9.59 Å². The maximum Gasteiger partial charge on any atom is 0.308 e. The van der Waals surface area contributed by atoms with Crippen LogP contribution in [-0.2, 0) is 9.59 Å². The molecule has 5 nitrogen and oxygen atoms in total. The number of carboxylic acid groups (broad SMARTS) is 1. The Kier molecular flexibility index (Phi) is 3.36. The molecule has 0 aromatic heterocycles. The summed E-state index contributed by atoms with van der Waals surface area (Å²) in [6.45, 7) is 0.116. The molecule has 1 aliphatic heterocycles. The van der Waals surface area contributed by atoms with E-state index in [1.165, 1.54) is 17.0 Å². The van der Waals surface area contributed by atoms with Gasteiger partial charge in [0.25, 0.3) is 0 Å². The van der Waals surface area contributed by atoms with E-state index < -0.39 is 11.9 Å². The number of hydrogen-bond acceptors (Lipinski definition) is 3. The van der Waals surface area contributed by atoms with Crippen LogP contribution in [0.1, 0.15) is 6.42 Å². The van der Waals surface area contributed by atoms with Gasteiger partial charge < -0.3 is 15.7 Å². The van der Waals surface area contributed by atoms with Crippen molar-refractivity contribution in [2.75, 3.05) is 17.2 Å². The van der Waals surface area contributed by atoms with Crippen LogP contribution in [0.3, 0.4) is 0 Å². The van der Waals surface area contributed by atoms with Crippen molar-refractivity contribution >= 4 is 46.5 Å². The molecule has 1 atom stereocenters. The summed E-state index contributed by atoms with van der Waals surface area (Å²) < 4.78 is 0. The Morgan fingerprint density at radius 1 is 1.39 bits per heavy atom. The lowest BCUT2D eigenvalue weighted by Crippen LogP contribution is -2.25. The Bertz CT molecular complexity index is 510. The summed E-state index contributed by atoms with van der Waals surface area (Å²) in [6.07, 6.45) is -0.0189. The van der Waals surface area contributed by atoms with Gasteiger partial charge >= 0.3 is 5.97 Å². The Labute approximate surface area is 113 Å². The lowest BCUT2D eigenvalue weighted by atomic mass is 10.1. The molecule has 0 aliphatic carbocycles. The van der Waals surface area contributed by atoms with Gasteiger partial charge in [0, 0.05) is 18.7 Å². The summed E-state index contributed by atoms with van der Waals surface area (Å²) >= 11 is 11.8. The number of nitrogens with zero attached hydrogens (tertiary/aromatic N) is 1. The number of hydrogen-bond donors (Lipinski definition) is 2. The lowest BCUT2D eigenvalue weighted by molar-refractivity contribution is -0.141. The fraction of sp³-hybridized carbons (Fsp3) is 0.273. The van der Waals surface area contributed by atoms with E-state index in [2.05, 4.69) is 0 Å². The summed E-state index contributed by atoms with van der Waals surface area (Å²) in [5.74, 6) is -1.95. The second-order valence-electron chi connectivity index (χ2n) is 4.07. The van der Waals surface area contributed by atoms with Gasteiger partial charge in [-0.2, -0.15) is 0 Å². The molecule has 1 unspecified atom stereocenters. The van der Waals surface area contributed by atoms with E-state index in [0.29, 0.717) is 5.69 Å². The molecular formula is C11H10Cl2N2O3. The number of rotatable bonds is 2. The van der Waals surface area contributed by atoms with Gasteiger partial charge in [0.2, 0.25) is 5.91 Å². The predicted octanol–water partition coefficient (Wildman–Crippen LogP) is 2.01. The van der Waals surface area contributed by atoms with Gasteiger partial charge in [-0.1, -0.05) is 23.2 Å². The highest BCUT2D eigenvalue weighted by molar-refractivity contribution is 6.39. The van der Waals surface area contributed by atoms with Crippen molar-refractivity contribution < 1.29 is 14.7 Å². The van der Waals surface area contributed by atoms with E-state index in [4.69, 9.17) is 34.0 Å². The quantitative estimate of drug-likeness (QED) is 0.816. The minimum Gasteiger partial charge on any atom is -0.481 e. The molecule has 1 heterocycles. The molecule has 2 rings (SSSR count). The van der Waals surface area contributed by atoms with E-state index in [0.717, 1.165) is 0 Å². The highest BCUT2D eigenvalue weighted by Gasteiger charge is 2.35. The fourth-order valence-electron chi connectivity index (χ4n) is 1.85. The van der Waals surface area contributed by atoms with E-state index in [-0.39, 0.29) is 34.6 Å². The van der Waals surface area contributed by atoms with Gasteiger partial charge in [-0.15, -0.1) is 0 Å². The largest absolute Gasteiger partial charge is 0.481 e. The zero-order valence-electron chi connectivity index (χ0n) is 9.19. The smallest absolute Gasteiger partial charge is 0.308 e. The molecule has 1 fully saturated rings.